The van der Waals surface area contributed by atoms with Crippen LogP contribution in [0.5, 0.6) is 5.75 Å². The molecule has 0 aliphatic carbocycles. The van der Waals surface area contributed by atoms with Crippen molar-refractivity contribution in [3.05, 3.63) is 45.6 Å². The summed E-state index contributed by atoms with van der Waals surface area (Å²) in [6.45, 7) is 4.13. The SMILES string of the molecule is C[C@H]([C@@H]1O[C@H]1C[C@H]1CO[C@@H](CC(=O)CC(=O)c2ccc(OCCCCC(=O)Nc3c4sscc-4n(C)c3=O)cc2)[C@H](O)[C@@H]1O)[C@H](C)O. The Labute approximate surface area is 280 Å². The Morgan fingerprint density at radius 3 is 2.57 bits per heavy atom. The summed E-state index contributed by atoms with van der Waals surface area (Å²) in [5, 5.41) is 35.7. The summed E-state index contributed by atoms with van der Waals surface area (Å²) >= 11 is 0. The number of fused-ring (bicyclic) bond motifs is 1. The quantitative estimate of drug-likeness (QED) is 0.0574. The van der Waals surface area contributed by atoms with Crippen LogP contribution in [0.2, 0.25) is 0 Å². The molecule has 4 N–H and O–H groups in total. The average molecular weight is 691 g/mol. The van der Waals surface area contributed by atoms with Crippen molar-refractivity contribution in [2.75, 3.05) is 18.5 Å². The first kappa shape index (κ1) is 35.3. The van der Waals surface area contributed by atoms with Crippen molar-refractivity contribution in [2.24, 2.45) is 18.9 Å². The maximum absolute atomic E-state index is 12.7. The van der Waals surface area contributed by atoms with E-state index in [-0.39, 0.29) is 67.2 Å². The number of nitrogens with zero attached hydrogens (tertiary/aromatic N) is 1. The van der Waals surface area contributed by atoms with Gasteiger partial charge >= 0.3 is 0 Å². The zero-order valence-corrected chi connectivity index (χ0v) is 28.3. The number of anilines is 1. The van der Waals surface area contributed by atoms with Crippen molar-refractivity contribution >= 4 is 43.8 Å². The normalized spacial score (nSPS) is 25.3. The first-order valence-electron chi connectivity index (χ1n) is 15.9. The number of rotatable bonds is 16. The van der Waals surface area contributed by atoms with Gasteiger partial charge in [-0.15, -0.1) is 0 Å². The highest BCUT2D eigenvalue weighted by molar-refractivity contribution is 7.70. The molecule has 0 spiro atoms. The van der Waals surface area contributed by atoms with Crippen LogP contribution in [0.1, 0.15) is 62.7 Å². The number of epoxide rings is 1. The minimum absolute atomic E-state index is 0.0372. The van der Waals surface area contributed by atoms with Gasteiger partial charge in [0.2, 0.25) is 5.91 Å². The number of amides is 1. The monoisotopic (exact) mass is 690 g/mol. The highest BCUT2D eigenvalue weighted by Crippen LogP contribution is 2.39. The average Bonchev–Trinajstić information content (AvgIpc) is 3.57. The molecule has 2 saturated heterocycles. The number of hydrogen-bond donors (Lipinski definition) is 4. The number of unbranched alkanes of at least 4 members (excludes halogenated alkanes) is 1. The molecule has 12 nitrogen and oxygen atoms in total. The van der Waals surface area contributed by atoms with E-state index in [9.17, 15) is 34.5 Å². The molecule has 256 valence electrons. The number of carbonyl (C=O) groups excluding carboxylic acids is 3. The molecule has 0 saturated carbocycles. The highest BCUT2D eigenvalue weighted by Gasteiger charge is 2.48. The van der Waals surface area contributed by atoms with Gasteiger partial charge in [0.1, 0.15) is 23.3 Å². The Morgan fingerprint density at radius 2 is 1.85 bits per heavy atom. The van der Waals surface area contributed by atoms with Crippen LogP contribution in [0.4, 0.5) is 5.69 Å². The van der Waals surface area contributed by atoms with Gasteiger partial charge in [0, 0.05) is 42.7 Å². The second kappa shape index (κ2) is 15.5. The predicted octanol–water partition coefficient (Wildman–Crippen LogP) is 3.24. The number of carbonyl (C=O) groups is 3. The summed E-state index contributed by atoms with van der Waals surface area (Å²) in [6, 6.07) is 6.45. The molecule has 8 atom stereocenters. The summed E-state index contributed by atoms with van der Waals surface area (Å²) in [4.78, 5) is 51.0. The highest BCUT2D eigenvalue weighted by atomic mass is 32.9. The van der Waals surface area contributed by atoms with Crippen LogP contribution in [-0.4, -0.2) is 87.2 Å². The van der Waals surface area contributed by atoms with Crippen LogP contribution in [0, 0.1) is 11.8 Å². The van der Waals surface area contributed by atoms with Gasteiger partial charge in [0.05, 0.1) is 60.7 Å². The Morgan fingerprint density at radius 1 is 1.11 bits per heavy atom. The van der Waals surface area contributed by atoms with Crippen LogP contribution in [0.15, 0.2) is 34.4 Å². The van der Waals surface area contributed by atoms with Gasteiger partial charge in [-0.2, -0.15) is 0 Å². The standard InChI is InChI=1S/C33H42N2O10S2/c1-17(18(2)36)31-26(45-31)12-20-15-44-25(30(41)29(20)40)14-21(37)13-24(38)19-7-9-22(10-8-19)43-11-5-4-6-27(39)34-28-32-23(16-46-47-32)35(3)33(28)42/h7-10,16-18,20,25-26,29-31,36,40-41H,4-6,11-15H2,1-3H3,(H,34,39)/t17-,18-,20-,25-,26-,29+,30-,31-/m0/s1. The maximum Gasteiger partial charge on any atom is 0.276 e. The Bertz CT molecular complexity index is 1560. The molecule has 4 aliphatic rings. The van der Waals surface area contributed by atoms with Gasteiger partial charge in [-0.3, -0.25) is 19.2 Å². The topological polar surface area (TPSA) is 177 Å². The molecular formula is C33H42N2O10S2. The lowest BCUT2D eigenvalue weighted by Gasteiger charge is -2.37. The van der Waals surface area contributed by atoms with Gasteiger partial charge in [-0.05, 0) is 50.5 Å². The van der Waals surface area contributed by atoms with E-state index in [1.54, 1.807) is 38.2 Å². The van der Waals surface area contributed by atoms with E-state index in [4.69, 9.17) is 14.2 Å². The number of aliphatic hydroxyl groups excluding tert-OH is 3. The van der Waals surface area contributed by atoms with E-state index in [0.29, 0.717) is 42.9 Å². The molecule has 4 aliphatic heterocycles. The third-order valence-corrected chi connectivity index (χ3v) is 11.2. The van der Waals surface area contributed by atoms with Crippen LogP contribution >= 0.6 is 20.7 Å². The smallest absolute Gasteiger partial charge is 0.276 e. The van der Waals surface area contributed by atoms with Crippen molar-refractivity contribution in [1.29, 1.82) is 0 Å². The minimum Gasteiger partial charge on any atom is -0.494 e. The molecule has 0 unspecified atom stereocenters. The molecule has 0 bridgehead atoms. The summed E-state index contributed by atoms with van der Waals surface area (Å²) in [6.07, 6.45) is -2.63. The van der Waals surface area contributed by atoms with Gasteiger partial charge in [-0.1, -0.05) is 27.6 Å². The molecule has 0 radical (unpaired) electrons. The molecule has 2 fully saturated rings. The summed E-state index contributed by atoms with van der Waals surface area (Å²) in [5.74, 6) is -0.851. The summed E-state index contributed by atoms with van der Waals surface area (Å²) in [7, 11) is 4.65. The van der Waals surface area contributed by atoms with E-state index in [1.165, 1.54) is 25.2 Å². The number of ether oxygens (including phenoxy) is 3. The summed E-state index contributed by atoms with van der Waals surface area (Å²) in [5.41, 5.74) is 1.27. The van der Waals surface area contributed by atoms with Crippen molar-refractivity contribution in [3.63, 3.8) is 0 Å². The number of nitrogens with one attached hydrogen (secondary N) is 1. The van der Waals surface area contributed by atoms with E-state index in [1.807, 2.05) is 12.3 Å². The molecule has 4 heterocycles. The fraction of sp³-hybridized carbons (Fsp3) is 0.576. The van der Waals surface area contributed by atoms with Crippen LogP contribution in [-0.2, 0) is 26.1 Å². The third kappa shape index (κ3) is 8.55. The lowest BCUT2D eigenvalue weighted by molar-refractivity contribution is -0.170. The van der Waals surface area contributed by atoms with Gasteiger partial charge in [-0.25, -0.2) is 0 Å². The Balaban J connectivity index is 0.980. The first-order chi connectivity index (χ1) is 22.4. The van der Waals surface area contributed by atoms with Crippen molar-refractivity contribution < 1.29 is 43.9 Å². The minimum atomic E-state index is -1.27. The number of aliphatic hydroxyl groups is 3. The molecule has 1 aromatic carbocycles. The maximum atomic E-state index is 12.7. The molecular weight excluding hydrogens is 649 g/mol. The van der Waals surface area contributed by atoms with E-state index < -0.39 is 30.2 Å². The lowest BCUT2D eigenvalue weighted by Crippen LogP contribution is -2.51. The second-order valence-corrected chi connectivity index (χ2v) is 14.6. The van der Waals surface area contributed by atoms with Gasteiger partial charge in [0.15, 0.2) is 5.78 Å². The Hall–Kier alpha value is -2.98. The number of aromatic nitrogens is 1. The van der Waals surface area contributed by atoms with E-state index >= 15 is 0 Å². The van der Waals surface area contributed by atoms with Crippen LogP contribution in [0.25, 0.3) is 10.6 Å². The number of benzene rings is 1. The zero-order valence-electron chi connectivity index (χ0n) is 26.6. The van der Waals surface area contributed by atoms with Crippen molar-refractivity contribution in [1.82, 2.24) is 4.57 Å². The number of ketones is 2. The molecule has 1 aromatic rings. The van der Waals surface area contributed by atoms with Gasteiger partial charge < -0.3 is 39.4 Å². The van der Waals surface area contributed by atoms with E-state index in [0.717, 1.165) is 10.6 Å². The van der Waals surface area contributed by atoms with Crippen LogP contribution in [0.3, 0.4) is 0 Å². The Kier molecular flexibility index (Phi) is 11.6. The van der Waals surface area contributed by atoms with Crippen LogP contribution < -0.4 is 15.6 Å². The van der Waals surface area contributed by atoms with Crippen molar-refractivity contribution in [2.45, 2.75) is 89.0 Å². The molecule has 1 amide bonds. The molecule has 5 rings (SSSR count). The molecule has 47 heavy (non-hydrogen) atoms. The fourth-order valence-corrected chi connectivity index (χ4v) is 8.21. The lowest BCUT2D eigenvalue weighted by atomic mass is 9.85. The first-order valence-corrected chi connectivity index (χ1v) is 18.1. The van der Waals surface area contributed by atoms with Gasteiger partial charge in [0.25, 0.3) is 5.56 Å². The zero-order chi connectivity index (χ0) is 33.8. The van der Waals surface area contributed by atoms with Crippen molar-refractivity contribution in [3.8, 4) is 16.3 Å². The third-order valence-electron chi connectivity index (χ3n) is 9.10. The number of Topliss-reactive ketones (excluding diaryl/α,β-unsaturated/α-hetero) is 2. The van der Waals surface area contributed by atoms with E-state index in [2.05, 4.69) is 5.32 Å². The number of hydrogen-bond acceptors (Lipinski definition) is 12. The summed E-state index contributed by atoms with van der Waals surface area (Å²) < 4.78 is 18.6. The predicted molar refractivity (Wildman–Crippen MR) is 176 cm³/mol. The molecule has 0 aromatic heterocycles. The largest absolute Gasteiger partial charge is 0.494 e. The second-order valence-electron chi connectivity index (χ2n) is 12.6. The molecule has 14 heteroatoms. The fourth-order valence-electron chi connectivity index (χ4n) is 5.91.